The monoisotopic (exact) mass is 399 g/mol. The van der Waals surface area contributed by atoms with E-state index in [0.29, 0.717) is 18.0 Å². The standard InChI is InChI=1S/C20H18ClN3O4/c1-2-28-20(25)23-10-9-15-16-11-13(21)5-8-17(16)22-18(15)19(23)12-3-6-14(7-4-12)24(26)27/h3-8,11,19,22H,2,9-10H2,1H3/t19-/m0/s1. The lowest BCUT2D eigenvalue weighted by Crippen LogP contribution is -2.40. The van der Waals surface area contributed by atoms with Crippen LogP contribution in [0.3, 0.4) is 0 Å². The average Bonchev–Trinajstić information content (AvgIpc) is 3.05. The van der Waals surface area contributed by atoms with Crippen molar-refractivity contribution in [3.05, 3.63) is 74.4 Å². The summed E-state index contributed by atoms with van der Waals surface area (Å²) in [6, 6.07) is 11.5. The zero-order chi connectivity index (χ0) is 19.8. The number of benzene rings is 2. The number of H-pyrrole nitrogens is 1. The summed E-state index contributed by atoms with van der Waals surface area (Å²) in [7, 11) is 0. The first-order chi connectivity index (χ1) is 13.5. The molecule has 0 saturated carbocycles. The second kappa shape index (κ2) is 7.16. The van der Waals surface area contributed by atoms with Gasteiger partial charge in [0.2, 0.25) is 0 Å². The number of hydrogen-bond donors (Lipinski definition) is 1. The number of carbonyl (C=O) groups is 1. The van der Waals surface area contributed by atoms with Crippen LogP contribution in [0.2, 0.25) is 5.02 Å². The fraction of sp³-hybridized carbons (Fsp3) is 0.250. The number of carbonyl (C=O) groups excluding carboxylic acids is 1. The SMILES string of the molecule is CCOC(=O)N1CCc2c([nH]c3ccc(Cl)cc23)[C@@H]1c1ccc([N+](=O)[O-])cc1. The lowest BCUT2D eigenvalue weighted by molar-refractivity contribution is -0.384. The number of rotatable bonds is 3. The number of halogens is 1. The van der Waals surface area contributed by atoms with Crippen LogP contribution in [0.4, 0.5) is 10.5 Å². The van der Waals surface area contributed by atoms with Crippen molar-refractivity contribution in [1.29, 1.82) is 0 Å². The third kappa shape index (κ3) is 3.07. The maximum absolute atomic E-state index is 12.6. The molecule has 1 amide bonds. The van der Waals surface area contributed by atoms with E-state index in [1.54, 1.807) is 24.0 Å². The van der Waals surface area contributed by atoms with E-state index in [9.17, 15) is 14.9 Å². The molecule has 3 aromatic rings. The Hall–Kier alpha value is -3.06. The molecule has 0 fully saturated rings. The summed E-state index contributed by atoms with van der Waals surface area (Å²) in [4.78, 5) is 28.2. The Balaban J connectivity index is 1.86. The zero-order valence-electron chi connectivity index (χ0n) is 15.1. The van der Waals surface area contributed by atoms with E-state index in [1.165, 1.54) is 12.1 Å². The van der Waals surface area contributed by atoms with E-state index >= 15 is 0 Å². The van der Waals surface area contributed by atoms with Crippen molar-refractivity contribution in [2.24, 2.45) is 0 Å². The second-order valence-electron chi connectivity index (χ2n) is 6.60. The molecule has 4 rings (SSSR count). The number of fused-ring (bicyclic) bond motifs is 3. The van der Waals surface area contributed by atoms with Crippen molar-refractivity contribution in [1.82, 2.24) is 9.88 Å². The van der Waals surface area contributed by atoms with E-state index < -0.39 is 17.1 Å². The Labute approximate surface area is 166 Å². The summed E-state index contributed by atoms with van der Waals surface area (Å²) >= 11 is 6.18. The number of nitrogens with zero attached hydrogens (tertiary/aromatic N) is 2. The van der Waals surface area contributed by atoms with Crippen LogP contribution >= 0.6 is 11.6 Å². The number of aromatic amines is 1. The van der Waals surface area contributed by atoms with Crippen LogP contribution in [0.15, 0.2) is 42.5 Å². The highest BCUT2D eigenvalue weighted by Crippen LogP contribution is 2.39. The molecule has 144 valence electrons. The smallest absolute Gasteiger partial charge is 0.410 e. The molecule has 1 aliphatic rings. The van der Waals surface area contributed by atoms with Gasteiger partial charge >= 0.3 is 6.09 Å². The van der Waals surface area contributed by atoms with E-state index in [4.69, 9.17) is 16.3 Å². The van der Waals surface area contributed by atoms with Gasteiger partial charge in [0.05, 0.1) is 11.5 Å². The van der Waals surface area contributed by atoms with E-state index in [-0.39, 0.29) is 12.3 Å². The molecule has 0 saturated heterocycles. The maximum atomic E-state index is 12.6. The van der Waals surface area contributed by atoms with Gasteiger partial charge in [-0.3, -0.25) is 15.0 Å². The number of amides is 1. The first-order valence-electron chi connectivity index (χ1n) is 8.97. The Morgan fingerprint density at radius 1 is 1.32 bits per heavy atom. The molecule has 2 heterocycles. The summed E-state index contributed by atoms with van der Waals surface area (Å²) in [5.41, 5.74) is 3.70. The number of ether oxygens (including phenoxy) is 1. The number of hydrogen-bond acceptors (Lipinski definition) is 4. The van der Waals surface area contributed by atoms with E-state index in [0.717, 1.165) is 27.7 Å². The fourth-order valence-corrected chi connectivity index (χ4v) is 3.96. The normalized spacial score (nSPS) is 16.1. The first-order valence-corrected chi connectivity index (χ1v) is 9.35. The fourth-order valence-electron chi connectivity index (χ4n) is 3.79. The van der Waals surface area contributed by atoms with Crippen LogP contribution in [-0.2, 0) is 11.2 Å². The highest BCUT2D eigenvalue weighted by molar-refractivity contribution is 6.31. The van der Waals surface area contributed by atoms with Gasteiger partial charge in [0.15, 0.2) is 0 Å². The van der Waals surface area contributed by atoms with Crippen LogP contribution in [0, 0.1) is 10.1 Å². The van der Waals surface area contributed by atoms with Crippen molar-refractivity contribution in [2.75, 3.05) is 13.2 Å². The Bertz CT molecular complexity index is 1060. The number of nitro groups is 1. The van der Waals surface area contributed by atoms with Gasteiger partial charge in [-0.2, -0.15) is 0 Å². The summed E-state index contributed by atoms with van der Waals surface area (Å²) in [5.74, 6) is 0. The summed E-state index contributed by atoms with van der Waals surface area (Å²) < 4.78 is 5.25. The van der Waals surface area contributed by atoms with Crippen molar-refractivity contribution in [3.8, 4) is 0 Å². The minimum atomic E-state index is -0.440. The summed E-state index contributed by atoms with van der Waals surface area (Å²) in [5, 5.41) is 12.7. The molecule has 1 N–H and O–H groups in total. The van der Waals surface area contributed by atoms with Crippen molar-refractivity contribution in [2.45, 2.75) is 19.4 Å². The van der Waals surface area contributed by atoms with E-state index in [2.05, 4.69) is 4.98 Å². The van der Waals surface area contributed by atoms with Crippen LogP contribution in [0.25, 0.3) is 10.9 Å². The van der Waals surface area contributed by atoms with Gasteiger partial charge in [-0.15, -0.1) is 0 Å². The molecule has 0 spiro atoms. The van der Waals surface area contributed by atoms with Crippen LogP contribution in [-0.4, -0.2) is 34.1 Å². The minimum absolute atomic E-state index is 0.00546. The summed E-state index contributed by atoms with van der Waals surface area (Å²) in [6.45, 7) is 2.52. The Morgan fingerprint density at radius 3 is 2.75 bits per heavy atom. The molecule has 1 aliphatic heterocycles. The van der Waals surface area contributed by atoms with Gasteiger partial charge in [-0.1, -0.05) is 11.6 Å². The Morgan fingerprint density at radius 2 is 2.07 bits per heavy atom. The van der Waals surface area contributed by atoms with Gasteiger partial charge in [0.1, 0.15) is 6.04 Å². The third-order valence-electron chi connectivity index (χ3n) is 5.01. The molecule has 1 atom stereocenters. The maximum Gasteiger partial charge on any atom is 0.410 e. The second-order valence-corrected chi connectivity index (χ2v) is 7.04. The van der Waals surface area contributed by atoms with Crippen molar-refractivity contribution >= 4 is 34.3 Å². The van der Waals surface area contributed by atoms with Crippen molar-refractivity contribution in [3.63, 3.8) is 0 Å². The molecule has 7 nitrogen and oxygen atoms in total. The molecule has 2 aromatic carbocycles. The highest BCUT2D eigenvalue weighted by atomic mass is 35.5. The van der Waals surface area contributed by atoms with Gasteiger partial charge in [-0.05, 0) is 54.8 Å². The van der Waals surface area contributed by atoms with Crippen LogP contribution in [0.1, 0.15) is 29.8 Å². The average molecular weight is 400 g/mol. The van der Waals surface area contributed by atoms with Gasteiger partial charge in [-0.25, -0.2) is 4.79 Å². The van der Waals surface area contributed by atoms with E-state index in [1.807, 2.05) is 18.2 Å². The molecule has 28 heavy (non-hydrogen) atoms. The number of non-ortho nitro benzene ring substituents is 1. The number of nitro benzene ring substituents is 1. The molecule has 0 aliphatic carbocycles. The zero-order valence-corrected chi connectivity index (χ0v) is 15.9. The third-order valence-corrected chi connectivity index (χ3v) is 5.25. The predicted octanol–water partition coefficient (Wildman–Crippen LogP) is 4.83. The molecule has 0 bridgehead atoms. The van der Waals surface area contributed by atoms with Crippen LogP contribution < -0.4 is 0 Å². The van der Waals surface area contributed by atoms with Crippen molar-refractivity contribution < 1.29 is 14.5 Å². The molecule has 8 heteroatoms. The molecular formula is C20H18ClN3O4. The lowest BCUT2D eigenvalue weighted by Gasteiger charge is -2.35. The minimum Gasteiger partial charge on any atom is -0.450 e. The lowest BCUT2D eigenvalue weighted by atomic mass is 9.92. The number of aromatic nitrogens is 1. The van der Waals surface area contributed by atoms with Gasteiger partial charge in [0.25, 0.3) is 5.69 Å². The Kier molecular flexibility index (Phi) is 4.68. The molecular weight excluding hydrogens is 382 g/mol. The first kappa shape index (κ1) is 18.3. The molecule has 0 unspecified atom stereocenters. The summed E-state index contributed by atoms with van der Waals surface area (Å²) in [6.07, 6.45) is 0.256. The highest BCUT2D eigenvalue weighted by Gasteiger charge is 2.35. The quantitative estimate of drug-likeness (QED) is 0.504. The van der Waals surface area contributed by atoms with Gasteiger partial charge < -0.3 is 9.72 Å². The van der Waals surface area contributed by atoms with Crippen LogP contribution in [0.5, 0.6) is 0 Å². The topological polar surface area (TPSA) is 88.5 Å². The van der Waals surface area contributed by atoms with Gasteiger partial charge in [0, 0.05) is 40.3 Å². The largest absolute Gasteiger partial charge is 0.450 e. The predicted molar refractivity (Wildman–Crippen MR) is 106 cm³/mol. The number of nitrogens with one attached hydrogen (secondary N) is 1. The molecule has 1 aromatic heterocycles. The molecule has 0 radical (unpaired) electrons.